The van der Waals surface area contributed by atoms with Crippen LogP contribution in [0.4, 0.5) is 0 Å². The normalized spacial score (nSPS) is 10.2. The van der Waals surface area contributed by atoms with Crippen molar-refractivity contribution in [1.82, 2.24) is 5.32 Å². The van der Waals surface area contributed by atoms with Gasteiger partial charge in [-0.1, -0.05) is 18.2 Å². The summed E-state index contributed by atoms with van der Waals surface area (Å²) in [4.78, 5) is 24.8. The Bertz CT molecular complexity index is 711. The van der Waals surface area contributed by atoms with E-state index in [4.69, 9.17) is 0 Å². The van der Waals surface area contributed by atoms with Gasteiger partial charge in [-0.25, -0.2) is 4.79 Å². The maximum atomic E-state index is 12.3. The molecule has 0 bridgehead atoms. The third kappa shape index (κ3) is 4.36. The Hall–Kier alpha value is -2.27. The monoisotopic (exact) mass is 329 g/mol. The van der Waals surface area contributed by atoms with Crippen molar-refractivity contribution < 1.29 is 14.3 Å². The molecular weight excluding hydrogens is 310 g/mol. The lowest BCUT2D eigenvalue weighted by Crippen LogP contribution is -2.23. The number of benzene rings is 2. The Morgan fingerprint density at radius 1 is 1.13 bits per heavy atom. The van der Waals surface area contributed by atoms with Gasteiger partial charge in [0.2, 0.25) is 0 Å². The number of hydrogen-bond donors (Lipinski definition) is 1. The van der Waals surface area contributed by atoms with Crippen LogP contribution in [0.5, 0.6) is 0 Å². The second kappa shape index (κ2) is 7.83. The van der Waals surface area contributed by atoms with E-state index < -0.39 is 0 Å². The van der Waals surface area contributed by atoms with E-state index in [0.717, 1.165) is 16.0 Å². The molecule has 0 saturated heterocycles. The summed E-state index contributed by atoms with van der Waals surface area (Å²) < 4.78 is 4.66. The van der Waals surface area contributed by atoms with Crippen molar-refractivity contribution in [2.75, 3.05) is 13.4 Å². The fourth-order valence-corrected chi connectivity index (χ4v) is 2.57. The molecule has 0 heterocycles. The number of thioether (sulfide) groups is 1. The number of hydrogen-bond acceptors (Lipinski definition) is 4. The fraction of sp³-hybridized carbons (Fsp3) is 0.222. The molecule has 0 unspecified atom stereocenters. The second-order valence-corrected chi connectivity index (χ2v) is 5.93. The summed E-state index contributed by atoms with van der Waals surface area (Å²) in [5.41, 5.74) is 3.04. The molecule has 4 nitrogen and oxygen atoms in total. The summed E-state index contributed by atoms with van der Waals surface area (Å²) >= 11 is 1.61. The number of nitrogens with one attached hydrogen (secondary N) is 1. The first-order chi connectivity index (χ1) is 11.0. The number of methoxy groups -OCH3 is 1. The van der Waals surface area contributed by atoms with Gasteiger partial charge in [-0.2, -0.15) is 0 Å². The number of amides is 1. The van der Waals surface area contributed by atoms with Crippen molar-refractivity contribution in [2.24, 2.45) is 0 Å². The van der Waals surface area contributed by atoms with Crippen LogP contribution >= 0.6 is 11.8 Å². The second-order valence-electron chi connectivity index (χ2n) is 5.05. The molecule has 0 aliphatic heterocycles. The van der Waals surface area contributed by atoms with Gasteiger partial charge in [-0.3, -0.25) is 4.79 Å². The van der Waals surface area contributed by atoms with Gasteiger partial charge >= 0.3 is 5.97 Å². The average molecular weight is 329 g/mol. The topological polar surface area (TPSA) is 55.4 Å². The molecule has 0 aromatic heterocycles. The van der Waals surface area contributed by atoms with E-state index >= 15 is 0 Å². The maximum Gasteiger partial charge on any atom is 0.337 e. The van der Waals surface area contributed by atoms with Crippen LogP contribution in [0.1, 0.15) is 31.8 Å². The Morgan fingerprint density at radius 2 is 1.83 bits per heavy atom. The highest BCUT2D eigenvalue weighted by Gasteiger charge is 2.10. The predicted octanol–water partition coefficient (Wildman–Crippen LogP) is 3.43. The zero-order valence-corrected chi connectivity index (χ0v) is 14.2. The lowest BCUT2D eigenvalue weighted by molar-refractivity contribution is 0.0600. The molecule has 0 atom stereocenters. The van der Waals surface area contributed by atoms with Crippen molar-refractivity contribution in [3.05, 3.63) is 64.7 Å². The molecule has 0 aliphatic rings. The molecule has 2 rings (SSSR count). The molecule has 1 amide bonds. The number of aryl methyl sites for hydroxylation is 1. The Kier molecular flexibility index (Phi) is 5.82. The highest BCUT2D eigenvalue weighted by molar-refractivity contribution is 7.98. The largest absolute Gasteiger partial charge is 0.465 e. The summed E-state index contributed by atoms with van der Waals surface area (Å²) in [6, 6.07) is 12.8. The van der Waals surface area contributed by atoms with Crippen LogP contribution < -0.4 is 5.32 Å². The quantitative estimate of drug-likeness (QED) is 0.674. The number of esters is 1. The molecule has 0 saturated carbocycles. The minimum absolute atomic E-state index is 0.101. The van der Waals surface area contributed by atoms with E-state index in [2.05, 4.69) is 10.1 Å². The van der Waals surface area contributed by atoms with Crippen LogP contribution in [0.2, 0.25) is 0 Å². The molecule has 1 N–H and O–H groups in total. The molecular formula is C18H19NO3S. The van der Waals surface area contributed by atoms with Gasteiger partial charge in [0.15, 0.2) is 0 Å². The number of carbonyl (C=O) groups is 2. The summed E-state index contributed by atoms with van der Waals surface area (Å²) in [6.45, 7) is 2.33. The van der Waals surface area contributed by atoms with Crippen molar-refractivity contribution >= 4 is 23.6 Å². The van der Waals surface area contributed by atoms with Crippen LogP contribution in [0, 0.1) is 6.92 Å². The lowest BCUT2D eigenvalue weighted by Gasteiger charge is -2.09. The van der Waals surface area contributed by atoms with Gasteiger partial charge in [0.05, 0.1) is 12.7 Å². The van der Waals surface area contributed by atoms with Crippen molar-refractivity contribution in [3.8, 4) is 0 Å². The standard InChI is InChI=1S/C18H19NO3S/c1-12-4-9-15(23-3)10-16(12)17(20)19-11-13-5-7-14(8-6-13)18(21)22-2/h4-10H,11H2,1-3H3,(H,19,20). The average Bonchev–Trinajstić information content (AvgIpc) is 2.59. The van der Waals surface area contributed by atoms with Gasteiger partial charge < -0.3 is 10.1 Å². The molecule has 0 radical (unpaired) electrons. The third-order valence-electron chi connectivity index (χ3n) is 3.52. The van der Waals surface area contributed by atoms with Crippen LogP contribution in [0.3, 0.4) is 0 Å². The van der Waals surface area contributed by atoms with Crippen molar-refractivity contribution in [3.63, 3.8) is 0 Å². The van der Waals surface area contributed by atoms with Crippen molar-refractivity contribution in [2.45, 2.75) is 18.4 Å². The highest BCUT2D eigenvalue weighted by Crippen LogP contribution is 2.19. The van der Waals surface area contributed by atoms with Gasteiger partial charge in [0.1, 0.15) is 0 Å². The molecule has 2 aromatic rings. The van der Waals surface area contributed by atoms with Gasteiger partial charge in [-0.15, -0.1) is 11.8 Å². The van der Waals surface area contributed by atoms with E-state index in [9.17, 15) is 9.59 Å². The number of rotatable bonds is 5. The molecule has 5 heteroatoms. The van der Waals surface area contributed by atoms with Crippen LogP contribution in [0.25, 0.3) is 0 Å². The Labute approximate surface area is 140 Å². The first kappa shape index (κ1) is 17.1. The summed E-state index contributed by atoms with van der Waals surface area (Å²) in [7, 11) is 1.35. The van der Waals surface area contributed by atoms with E-state index in [0.29, 0.717) is 17.7 Å². The molecule has 23 heavy (non-hydrogen) atoms. The van der Waals surface area contributed by atoms with E-state index in [-0.39, 0.29) is 11.9 Å². The molecule has 120 valence electrons. The third-order valence-corrected chi connectivity index (χ3v) is 4.24. The zero-order valence-electron chi connectivity index (χ0n) is 13.4. The minimum Gasteiger partial charge on any atom is -0.465 e. The van der Waals surface area contributed by atoms with Crippen molar-refractivity contribution in [1.29, 1.82) is 0 Å². The van der Waals surface area contributed by atoms with Crippen LogP contribution in [-0.4, -0.2) is 25.2 Å². The molecule has 0 fully saturated rings. The summed E-state index contributed by atoms with van der Waals surface area (Å²) in [6.07, 6.45) is 1.98. The van der Waals surface area contributed by atoms with E-state index in [1.54, 1.807) is 36.0 Å². The highest BCUT2D eigenvalue weighted by atomic mass is 32.2. The first-order valence-corrected chi connectivity index (χ1v) is 8.37. The number of carbonyl (C=O) groups excluding carboxylic acids is 2. The SMILES string of the molecule is COC(=O)c1ccc(CNC(=O)c2cc(SC)ccc2C)cc1. The Morgan fingerprint density at radius 3 is 2.43 bits per heavy atom. The first-order valence-electron chi connectivity index (χ1n) is 7.15. The minimum atomic E-state index is -0.370. The summed E-state index contributed by atoms with van der Waals surface area (Å²) in [5, 5.41) is 2.91. The smallest absolute Gasteiger partial charge is 0.337 e. The van der Waals surface area contributed by atoms with E-state index in [1.165, 1.54) is 7.11 Å². The molecule has 0 spiro atoms. The van der Waals surface area contributed by atoms with Gasteiger partial charge in [0, 0.05) is 17.0 Å². The van der Waals surface area contributed by atoms with E-state index in [1.807, 2.05) is 31.4 Å². The van der Waals surface area contributed by atoms with Gasteiger partial charge in [-0.05, 0) is 48.6 Å². The molecule has 0 aliphatic carbocycles. The predicted molar refractivity (Wildman–Crippen MR) is 91.9 cm³/mol. The van der Waals surface area contributed by atoms with Gasteiger partial charge in [0.25, 0.3) is 5.91 Å². The fourth-order valence-electron chi connectivity index (χ4n) is 2.13. The molecule has 2 aromatic carbocycles. The van der Waals surface area contributed by atoms with Crippen LogP contribution in [0.15, 0.2) is 47.4 Å². The zero-order chi connectivity index (χ0) is 16.8. The summed E-state index contributed by atoms with van der Waals surface area (Å²) in [5.74, 6) is -0.472. The Balaban J connectivity index is 2.03. The lowest BCUT2D eigenvalue weighted by atomic mass is 10.1. The maximum absolute atomic E-state index is 12.3. The number of ether oxygens (including phenoxy) is 1. The van der Waals surface area contributed by atoms with Crippen LogP contribution in [-0.2, 0) is 11.3 Å².